The molecular formula is C12H14F3NS2. The number of alkyl halides is 3. The molecule has 1 N–H and O–H groups in total. The summed E-state index contributed by atoms with van der Waals surface area (Å²) in [5.41, 5.74) is -0.403. The zero-order chi connectivity index (χ0) is 13.0. The van der Waals surface area contributed by atoms with Crippen molar-refractivity contribution >= 4 is 29.2 Å². The average Bonchev–Trinajstić information content (AvgIpc) is 2.37. The van der Waals surface area contributed by atoms with Gasteiger partial charge in [0.2, 0.25) is 0 Å². The quantitative estimate of drug-likeness (QED) is 0.906. The third kappa shape index (κ3) is 3.75. The number of para-hydroxylation sites is 1. The Hall–Kier alpha value is -0.490. The summed E-state index contributed by atoms with van der Waals surface area (Å²) in [5.74, 6) is 3.23. The summed E-state index contributed by atoms with van der Waals surface area (Å²) in [6, 6.07) is 5.65. The van der Waals surface area contributed by atoms with Gasteiger partial charge in [-0.25, -0.2) is 0 Å². The Morgan fingerprint density at radius 2 is 2.00 bits per heavy atom. The van der Waals surface area contributed by atoms with Crippen LogP contribution in [0, 0.1) is 0 Å². The maximum atomic E-state index is 12.8. The van der Waals surface area contributed by atoms with Crippen molar-refractivity contribution in [1.82, 2.24) is 0 Å². The first kappa shape index (κ1) is 13.9. The molecule has 1 nitrogen and oxygen atoms in total. The molecule has 0 radical (unpaired) electrons. The highest BCUT2D eigenvalue weighted by molar-refractivity contribution is 8.06. The molecule has 2 rings (SSSR count). The Morgan fingerprint density at radius 3 is 2.67 bits per heavy atom. The van der Waals surface area contributed by atoms with Crippen LogP contribution in [0.4, 0.5) is 18.9 Å². The van der Waals surface area contributed by atoms with Gasteiger partial charge in [-0.15, -0.1) is 0 Å². The second-order valence-corrected chi connectivity index (χ2v) is 6.55. The smallest absolute Gasteiger partial charge is 0.383 e. The van der Waals surface area contributed by atoms with Gasteiger partial charge in [-0.3, -0.25) is 0 Å². The molecule has 0 bridgehead atoms. The van der Waals surface area contributed by atoms with E-state index in [9.17, 15) is 13.2 Å². The van der Waals surface area contributed by atoms with E-state index in [-0.39, 0.29) is 5.69 Å². The van der Waals surface area contributed by atoms with Crippen LogP contribution in [0.1, 0.15) is 5.56 Å². The minimum atomic E-state index is -4.29. The summed E-state index contributed by atoms with van der Waals surface area (Å²) in [4.78, 5) is 0. The maximum absolute atomic E-state index is 12.8. The minimum Gasteiger partial charge on any atom is -0.383 e. The van der Waals surface area contributed by atoms with Crippen molar-refractivity contribution in [3.63, 3.8) is 0 Å². The highest BCUT2D eigenvalue weighted by Gasteiger charge is 2.33. The van der Waals surface area contributed by atoms with Gasteiger partial charge in [0.05, 0.1) is 5.56 Å². The van der Waals surface area contributed by atoms with Crippen molar-refractivity contribution in [2.24, 2.45) is 0 Å². The van der Waals surface area contributed by atoms with Crippen LogP contribution in [-0.4, -0.2) is 29.1 Å². The molecule has 0 aromatic heterocycles. The number of thioether (sulfide) groups is 2. The molecular weight excluding hydrogens is 279 g/mol. The number of benzene rings is 1. The summed E-state index contributed by atoms with van der Waals surface area (Å²) in [5, 5.41) is 3.33. The van der Waals surface area contributed by atoms with E-state index >= 15 is 0 Å². The average molecular weight is 293 g/mol. The van der Waals surface area contributed by atoms with E-state index in [0.717, 1.165) is 23.3 Å². The number of halogens is 3. The van der Waals surface area contributed by atoms with E-state index in [1.807, 2.05) is 23.5 Å². The lowest BCUT2D eigenvalue weighted by atomic mass is 10.1. The molecule has 1 fully saturated rings. The molecule has 0 aliphatic carbocycles. The van der Waals surface area contributed by atoms with E-state index in [0.29, 0.717) is 11.8 Å². The Labute approximate surface area is 113 Å². The van der Waals surface area contributed by atoms with Gasteiger partial charge in [0, 0.05) is 34.7 Å². The van der Waals surface area contributed by atoms with Crippen LogP contribution in [-0.2, 0) is 6.18 Å². The topological polar surface area (TPSA) is 12.0 Å². The third-order valence-electron chi connectivity index (χ3n) is 2.64. The summed E-state index contributed by atoms with van der Waals surface area (Å²) in [6.07, 6.45) is -4.29. The predicted octanol–water partition coefficient (Wildman–Crippen LogP) is 3.97. The van der Waals surface area contributed by atoms with Crippen molar-refractivity contribution in [1.29, 1.82) is 0 Å². The molecule has 0 amide bonds. The van der Waals surface area contributed by atoms with Crippen LogP contribution >= 0.6 is 23.5 Å². The van der Waals surface area contributed by atoms with Crippen LogP contribution in [0.2, 0.25) is 0 Å². The third-order valence-corrected chi connectivity index (χ3v) is 5.48. The maximum Gasteiger partial charge on any atom is 0.418 e. The van der Waals surface area contributed by atoms with E-state index in [2.05, 4.69) is 5.32 Å². The van der Waals surface area contributed by atoms with Gasteiger partial charge in [-0.1, -0.05) is 12.1 Å². The molecule has 1 aliphatic rings. The Kier molecular flexibility index (Phi) is 4.72. The SMILES string of the molecule is FC(F)(F)c1ccccc1NCC1CSCCS1. The second-order valence-electron chi connectivity index (χ2n) is 3.99. The molecule has 1 atom stereocenters. The highest BCUT2D eigenvalue weighted by atomic mass is 32.2. The molecule has 1 heterocycles. The predicted molar refractivity (Wildman–Crippen MR) is 73.5 cm³/mol. The van der Waals surface area contributed by atoms with Crippen molar-refractivity contribution < 1.29 is 13.2 Å². The molecule has 0 spiro atoms. The van der Waals surface area contributed by atoms with E-state index in [4.69, 9.17) is 0 Å². The van der Waals surface area contributed by atoms with Crippen LogP contribution in [0.25, 0.3) is 0 Å². The first-order valence-corrected chi connectivity index (χ1v) is 7.87. The lowest BCUT2D eigenvalue weighted by Gasteiger charge is -2.22. The van der Waals surface area contributed by atoms with Gasteiger partial charge in [0.15, 0.2) is 0 Å². The van der Waals surface area contributed by atoms with Gasteiger partial charge in [0.1, 0.15) is 0 Å². The number of hydrogen-bond acceptors (Lipinski definition) is 3. The van der Waals surface area contributed by atoms with Crippen LogP contribution < -0.4 is 5.32 Å². The van der Waals surface area contributed by atoms with Crippen LogP contribution in [0.15, 0.2) is 24.3 Å². The van der Waals surface area contributed by atoms with Gasteiger partial charge in [-0.05, 0) is 12.1 Å². The van der Waals surface area contributed by atoms with Gasteiger partial charge < -0.3 is 5.32 Å². The molecule has 0 saturated carbocycles. The zero-order valence-electron chi connectivity index (χ0n) is 9.67. The van der Waals surface area contributed by atoms with Crippen LogP contribution in [0.3, 0.4) is 0 Å². The fraction of sp³-hybridized carbons (Fsp3) is 0.500. The van der Waals surface area contributed by atoms with Crippen molar-refractivity contribution in [2.45, 2.75) is 11.4 Å². The molecule has 1 saturated heterocycles. The molecule has 1 aromatic carbocycles. The summed E-state index contributed by atoms with van der Waals surface area (Å²) >= 11 is 3.70. The first-order valence-electron chi connectivity index (χ1n) is 5.67. The number of nitrogens with one attached hydrogen (secondary N) is 1. The molecule has 6 heteroatoms. The summed E-state index contributed by atoms with van der Waals surface area (Å²) in [6.45, 7) is 0.588. The van der Waals surface area contributed by atoms with Gasteiger partial charge >= 0.3 is 6.18 Å². The molecule has 1 aromatic rings. The standard InChI is InChI=1S/C12H14F3NS2/c13-12(14,15)10-3-1-2-4-11(10)16-7-9-8-17-5-6-18-9/h1-4,9,16H,5-8H2. The number of hydrogen-bond donors (Lipinski definition) is 1. The molecule has 1 unspecified atom stereocenters. The Bertz CT molecular complexity index is 389. The van der Waals surface area contributed by atoms with Gasteiger partial charge in [0.25, 0.3) is 0 Å². The normalized spacial score (nSPS) is 20.7. The number of anilines is 1. The fourth-order valence-corrected chi connectivity index (χ4v) is 4.37. The summed E-state index contributed by atoms with van der Waals surface area (Å²) in [7, 11) is 0. The Morgan fingerprint density at radius 1 is 1.22 bits per heavy atom. The molecule has 18 heavy (non-hydrogen) atoms. The Balaban J connectivity index is 2.00. The largest absolute Gasteiger partial charge is 0.418 e. The van der Waals surface area contributed by atoms with E-state index in [1.54, 1.807) is 6.07 Å². The molecule has 1 aliphatic heterocycles. The molecule has 100 valence electrons. The fourth-order valence-electron chi connectivity index (χ4n) is 1.76. The highest BCUT2D eigenvalue weighted by Crippen LogP contribution is 2.35. The van der Waals surface area contributed by atoms with E-state index in [1.165, 1.54) is 12.1 Å². The van der Waals surface area contributed by atoms with Crippen molar-refractivity contribution in [2.75, 3.05) is 29.1 Å². The van der Waals surface area contributed by atoms with E-state index < -0.39 is 11.7 Å². The second kappa shape index (κ2) is 6.10. The summed E-state index contributed by atoms with van der Waals surface area (Å²) < 4.78 is 38.3. The zero-order valence-corrected chi connectivity index (χ0v) is 11.3. The minimum absolute atomic E-state index is 0.182. The van der Waals surface area contributed by atoms with Crippen LogP contribution in [0.5, 0.6) is 0 Å². The lowest BCUT2D eigenvalue weighted by Crippen LogP contribution is -2.24. The lowest BCUT2D eigenvalue weighted by molar-refractivity contribution is -0.136. The van der Waals surface area contributed by atoms with Gasteiger partial charge in [-0.2, -0.15) is 36.7 Å². The monoisotopic (exact) mass is 293 g/mol. The number of rotatable bonds is 3. The van der Waals surface area contributed by atoms with Crippen molar-refractivity contribution in [3.05, 3.63) is 29.8 Å². The first-order chi connectivity index (χ1) is 8.57. The van der Waals surface area contributed by atoms with Crippen molar-refractivity contribution in [3.8, 4) is 0 Å².